The summed E-state index contributed by atoms with van der Waals surface area (Å²) in [6, 6.07) is 16.7. The fourth-order valence-corrected chi connectivity index (χ4v) is 5.03. The van der Waals surface area contributed by atoms with Gasteiger partial charge in [-0.15, -0.1) is 0 Å². The van der Waals surface area contributed by atoms with Gasteiger partial charge in [-0.05, 0) is 62.4 Å². The first-order chi connectivity index (χ1) is 14.6. The van der Waals surface area contributed by atoms with E-state index in [9.17, 15) is 14.0 Å². The molecule has 1 saturated carbocycles. The number of nitrogens with zero attached hydrogens (tertiary/aromatic N) is 2. The molecule has 160 valence electrons. The Hall–Kier alpha value is -2.25. The second-order valence-corrected chi connectivity index (χ2v) is 8.47. The van der Waals surface area contributed by atoms with Crippen LogP contribution in [0, 0.1) is 28.9 Å². The number of hydrogen-bond donors (Lipinski definition) is 0. The van der Waals surface area contributed by atoms with E-state index in [1.807, 2.05) is 18.2 Å². The van der Waals surface area contributed by atoms with Gasteiger partial charge in [0.1, 0.15) is 11.6 Å². The van der Waals surface area contributed by atoms with Crippen LogP contribution in [0.4, 0.5) is 8.78 Å². The van der Waals surface area contributed by atoms with Crippen molar-refractivity contribution >= 4 is 0 Å². The molecular formula is C26H32F2N2. The fraction of sp³-hybridized carbons (Fsp3) is 0.500. The monoisotopic (exact) mass is 410 g/mol. The average molecular weight is 411 g/mol. The van der Waals surface area contributed by atoms with E-state index in [1.165, 1.54) is 23.8 Å². The molecule has 0 spiro atoms. The third kappa shape index (κ3) is 5.08. The molecule has 0 heterocycles. The lowest BCUT2D eigenvalue weighted by Gasteiger charge is -2.38. The highest BCUT2D eigenvalue weighted by Crippen LogP contribution is 2.45. The van der Waals surface area contributed by atoms with E-state index in [4.69, 9.17) is 0 Å². The Kier molecular flexibility index (Phi) is 7.99. The van der Waals surface area contributed by atoms with Gasteiger partial charge in [0, 0.05) is 12.1 Å². The molecule has 0 saturated heterocycles. The molecule has 2 aromatic carbocycles. The van der Waals surface area contributed by atoms with Crippen LogP contribution in [-0.2, 0) is 12.0 Å². The van der Waals surface area contributed by atoms with Gasteiger partial charge in [-0.25, -0.2) is 8.78 Å². The van der Waals surface area contributed by atoms with Crippen LogP contribution in [0.1, 0.15) is 63.0 Å². The van der Waals surface area contributed by atoms with E-state index in [0.29, 0.717) is 6.42 Å². The largest absolute Gasteiger partial charge is 0.299 e. The van der Waals surface area contributed by atoms with Crippen molar-refractivity contribution in [2.45, 2.75) is 63.8 Å². The first-order valence-corrected chi connectivity index (χ1v) is 11.2. The molecule has 1 aliphatic rings. The van der Waals surface area contributed by atoms with E-state index in [2.05, 4.69) is 30.0 Å². The third-order valence-corrected chi connectivity index (χ3v) is 6.65. The summed E-state index contributed by atoms with van der Waals surface area (Å²) >= 11 is 0. The summed E-state index contributed by atoms with van der Waals surface area (Å²) in [6.45, 7) is 4.66. The van der Waals surface area contributed by atoms with Crippen LogP contribution in [0.15, 0.2) is 48.5 Å². The average Bonchev–Trinajstić information content (AvgIpc) is 2.78. The Balaban J connectivity index is 1.80. The van der Waals surface area contributed by atoms with Crippen molar-refractivity contribution in [2.75, 3.05) is 13.1 Å². The van der Waals surface area contributed by atoms with Gasteiger partial charge < -0.3 is 0 Å². The molecule has 4 heteroatoms. The molecule has 0 aromatic heterocycles. The maximum atomic E-state index is 14.8. The highest BCUT2D eigenvalue weighted by molar-refractivity contribution is 5.36. The van der Waals surface area contributed by atoms with Crippen molar-refractivity contribution in [3.8, 4) is 6.07 Å². The van der Waals surface area contributed by atoms with E-state index in [0.717, 1.165) is 58.2 Å². The standard InChI is InChI=1S/C26H32F2N2/c1-2-30(19-21-11-5-3-6-12-21)18-10-17-26(20-29,22-13-7-4-8-14-22)25-23(27)15-9-16-24(25)28/h3,5-6,9,11-12,15-16,22H,2,4,7-8,10,13-14,17-19H2,1H3. The molecule has 1 unspecified atom stereocenters. The lowest BCUT2D eigenvalue weighted by atomic mass is 9.63. The molecule has 0 aliphatic heterocycles. The Bertz CT molecular complexity index is 820. The predicted octanol–water partition coefficient (Wildman–Crippen LogP) is 6.61. The molecule has 0 bridgehead atoms. The summed E-state index contributed by atoms with van der Waals surface area (Å²) in [5.74, 6) is -1.16. The van der Waals surface area contributed by atoms with Crippen molar-refractivity contribution in [1.29, 1.82) is 5.26 Å². The Morgan fingerprint density at radius 3 is 2.27 bits per heavy atom. The summed E-state index contributed by atoms with van der Waals surface area (Å²) in [4.78, 5) is 2.33. The molecule has 1 atom stereocenters. The molecule has 2 nitrogen and oxygen atoms in total. The van der Waals surface area contributed by atoms with Crippen molar-refractivity contribution in [2.24, 2.45) is 5.92 Å². The van der Waals surface area contributed by atoms with Crippen LogP contribution in [0.3, 0.4) is 0 Å². The number of benzene rings is 2. The highest BCUT2D eigenvalue weighted by Gasteiger charge is 2.44. The second kappa shape index (κ2) is 10.7. The van der Waals surface area contributed by atoms with Crippen LogP contribution in [0.2, 0.25) is 0 Å². The zero-order valence-electron chi connectivity index (χ0n) is 17.9. The lowest BCUT2D eigenvalue weighted by molar-refractivity contribution is 0.207. The maximum absolute atomic E-state index is 14.8. The molecule has 0 N–H and O–H groups in total. The zero-order chi connectivity index (χ0) is 21.4. The molecule has 2 aromatic rings. The summed E-state index contributed by atoms with van der Waals surface area (Å²) in [6.07, 6.45) is 6.14. The highest BCUT2D eigenvalue weighted by atomic mass is 19.1. The Morgan fingerprint density at radius 2 is 1.67 bits per heavy atom. The van der Waals surface area contributed by atoms with Gasteiger partial charge in [-0.3, -0.25) is 4.90 Å². The predicted molar refractivity (Wildman–Crippen MR) is 117 cm³/mol. The van der Waals surface area contributed by atoms with Gasteiger partial charge in [-0.1, -0.05) is 62.6 Å². The zero-order valence-corrected chi connectivity index (χ0v) is 17.9. The first kappa shape index (κ1) is 22.4. The maximum Gasteiger partial charge on any atom is 0.130 e. The third-order valence-electron chi connectivity index (χ3n) is 6.65. The molecule has 0 radical (unpaired) electrons. The second-order valence-electron chi connectivity index (χ2n) is 8.47. The molecule has 0 amide bonds. The Morgan fingerprint density at radius 1 is 1.00 bits per heavy atom. The minimum absolute atomic E-state index is 0.00634. The van der Waals surface area contributed by atoms with Crippen LogP contribution in [0.5, 0.6) is 0 Å². The summed E-state index contributed by atoms with van der Waals surface area (Å²) < 4.78 is 29.7. The SMILES string of the molecule is CCN(CCCC(C#N)(c1c(F)cccc1F)C1CCCCC1)Cc1ccccc1. The van der Waals surface area contributed by atoms with E-state index in [1.54, 1.807) is 0 Å². The van der Waals surface area contributed by atoms with Gasteiger partial charge in [0.05, 0.1) is 11.5 Å². The smallest absolute Gasteiger partial charge is 0.130 e. The van der Waals surface area contributed by atoms with E-state index < -0.39 is 17.0 Å². The number of halogens is 2. The van der Waals surface area contributed by atoms with Crippen LogP contribution in [-0.4, -0.2) is 18.0 Å². The minimum atomic E-state index is -1.10. The fourth-order valence-electron chi connectivity index (χ4n) is 5.03. The van der Waals surface area contributed by atoms with Gasteiger partial charge in [0.15, 0.2) is 0 Å². The number of hydrogen-bond acceptors (Lipinski definition) is 2. The van der Waals surface area contributed by atoms with E-state index >= 15 is 0 Å². The van der Waals surface area contributed by atoms with Crippen LogP contribution >= 0.6 is 0 Å². The van der Waals surface area contributed by atoms with E-state index in [-0.39, 0.29) is 11.5 Å². The topological polar surface area (TPSA) is 27.0 Å². The molecule has 1 aliphatic carbocycles. The Labute approximate surface area is 179 Å². The number of nitriles is 1. The van der Waals surface area contributed by atoms with Crippen molar-refractivity contribution in [3.63, 3.8) is 0 Å². The summed E-state index contributed by atoms with van der Waals surface area (Å²) in [5.41, 5.74) is 0.144. The molecule has 1 fully saturated rings. The van der Waals surface area contributed by atoms with Gasteiger partial charge in [0.25, 0.3) is 0 Å². The van der Waals surface area contributed by atoms with Gasteiger partial charge >= 0.3 is 0 Å². The van der Waals surface area contributed by atoms with Crippen LogP contribution in [0.25, 0.3) is 0 Å². The lowest BCUT2D eigenvalue weighted by Crippen LogP contribution is -2.38. The molecular weight excluding hydrogens is 378 g/mol. The quantitative estimate of drug-likeness (QED) is 0.465. The molecule has 30 heavy (non-hydrogen) atoms. The van der Waals surface area contributed by atoms with Crippen molar-refractivity contribution in [3.05, 3.63) is 71.3 Å². The van der Waals surface area contributed by atoms with Crippen molar-refractivity contribution < 1.29 is 8.78 Å². The van der Waals surface area contributed by atoms with Gasteiger partial charge in [0.2, 0.25) is 0 Å². The minimum Gasteiger partial charge on any atom is -0.299 e. The first-order valence-electron chi connectivity index (χ1n) is 11.2. The van der Waals surface area contributed by atoms with Crippen molar-refractivity contribution in [1.82, 2.24) is 4.90 Å². The van der Waals surface area contributed by atoms with Crippen LogP contribution < -0.4 is 0 Å². The molecule has 3 rings (SSSR count). The summed E-state index contributed by atoms with van der Waals surface area (Å²) in [5, 5.41) is 10.3. The normalized spacial score (nSPS) is 16.9. The van der Waals surface area contributed by atoms with Gasteiger partial charge in [-0.2, -0.15) is 5.26 Å². The number of rotatable bonds is 9. The summed E-state index contributed by atoms with van der Waals surface area (Å²) in [7, 11) is 0.